The molecule has 0 aromatic carbocycles. The normalized spacial score (nSPS) is 27.6. The molecule has 72 valence electrons. The average Bonchev–Trinajstić information content (AvgIpc) is 2.53. The second kappa shape index (κ2) is 7.29. The molecule has 2 atom stereocenters. The Morgan fingerprint density at radius 3 is 2.25 bits per heavy atom. The molecule has 0 saturated heterocycles. The summed E-state index contributed by atoms with van der Waals surface area (Å²) < 4.78 is 0. The van der Waals surface area contributed by atoms with Crippen molar-refractivity contribution in [3.8, 4) is 0 Å². The monoisotopic (exact) mass is 171 g/mol. The Morgan fingerprint density at radius 1 is 1.42 bits per heavy atom. The zero-order valence-corrected chi connectivity index (χ0v) is 8.47. The van der Waals surface area contributed by atoms with Gasteiger partial charge in [-0.1, -0.05) is 13.3 Å². The number of hydrogen-bond acceptors (Lipinski definition) is 2. The van der Waals surface area contributed by atoms with Crippen LogP contribution in [0.4, 0.5) is 0 Å². The Bertz CT molecular complexity index is 114. The maximum atomic E-state index is 10.3. The SMILES string of the molecule is CCC1CCC(C=O)C1.CNC. The summed E-state index contributed by atoms with van der Waals surface area (Å²) in [5.74, 6) is 1.25. The largest absolute Gasteiger partial charge is 0.323 e. The molecule has 1 rings (SSSR count). The topological polar surface area (TPSA) is 29.1 Å². The Labute approximate surface area is 75.7 Å². The van der Waals surface area contributed by atoms with E-state index in [4.69, 9.17) is 0 Å². The zero-order chi connectivity index (χ0) is 9.40. The number of aldehydes is 1. The minimum absolute atomic E-state index is 0.398. The summed E-state index contributed by atoms with van der Waals surface area (Å²) in [7, 11) is 3.75. The molecule has 0 heterocycles. The van der Waals surface area contributed by atoms with E-state index in [-0.39, 0.29) is 0 Å². The van der Waals surface area contributed by atoms with E-state index in [1.54, 1.807) is 0 Å². The van der Waals surface area contributed by atoms with E-state index in [0.717, 1.165) is 25.0 Å². The van der Waals surface area contributed by atoms with Crippen LogP contribution in [-0.2, 0) is 4.79 Å². The van der Waals surface area contributed by atoms with Gasteiger partial charge in [-0.2, -0.15) is 0 Å². The van der Waals surface area contributed by atoms with Crippen LogP contribution in [0.15, 0.2) is 0 Å². The fraction of sp³-hybridized carbons (Fsp3) is 0.900. The zero-order valence-electron chi connectivity index (χ0n) is 8.47. The maximum absolute atomic E-state index is 10.3. The molecule has 0 radical (unpaired) electrons. The van der Waals surface area contributed by atoms with Gasteiger partial charge >= 0.3 is 0 Å². The van der Waals surface area contributed by atoms with Gasteiger partial charge in [-0.15, -0.1) is 0 Å². The molecule has 0 spiro atoms. The highest BCUT2D eigenvalue weighted by Crippen LogP contribution is 2.31. The van der Waals surface area contributed by atoms with Crippen molar-refractivity contribution in [2.75, 3.05) is 14.1 Å². The number of nitrogens with one attached hydrogen (secondary N) is 1. The molecular formula is C10H21NO. The van der Waals surface area contributed by atoms with E-state index in [1.165, 1.54) is 12.8 Å². The Balaban J connectivity index is 0.000000354. The first kappa shape index (κ1) is 11.6. The van der Waals surface area contributed by atoms with E-state index in [1.807, 2.05) is 14.1 Å². The van der Waals surface area contributed by atoms with Crippen LogP contribution in [0.1, 0.15) is 32.6 Å². The molecule has 1 fully saturated rings. The maximum Gasteiger partial charge on any atom is 0.123 e. The quantitative estimate of drug-likeness (QED) is 0.642. The summed E-state index contributed by atoms with van der Waals surface area (Å²) >= 11 is 0. The van der Waals surface area contributed by atoms with Crippen molar-refractivity contribution in [2.45, 2.75) is 32.6 Å². The predicted octanol–water partition coefficient (Wildman–Crippen LogP) is 1.85. The second-order valence-electron chi connectivity index (χ2n) is 3.48. The fourth-order valence-electron chi connectivity index (χ4n) is 1.61. The van der Waals surface area contributed by atoms with Crippen molar-refractivity contribution in [3.05, 3.63) is 0 Å². The lowest BCUT2D eigenvalue weighted by Gasteiger charge is -2.01. The van der Waals surface area contributed by atoms with Gasteiger partial charge in [-0.25, -0.2) is 0 Å². The average molecular weight is 171 g/mol. The Morgan fingerprint density at radius 2 is 2.00 bits per heavy atom. The predicted molar refractivity (Wildman–Crippen MR) is 52.2 cm³/mol. The number of carbonyl (C=O) groups excluding carboxylic acids is 1. The van der Waals surface area contributed by atoms with Crippen LogP contribution < -0.4 is 5.32 Å². The highest BCUT2D eigenvalue weighted by molar-refractivity contribution is 5.53. The minimum Gasteiger partial charge on any atom is -0.323 e. The molecule has 2 heteroatoms. The first-order valence-electron chi connectivity index (χ1n) is 4.82. The van der Waals surface area contributed by atoms with Gasteiger partial charge in [-0.3, -0.25) is 0 Å². The van der Waals surface area contributed by atoms with Gasteiger partial charge in [0.05, 0.1) is 0 Å². The van der Waals surface area contributed by atoms with Gasteiger partial charge in [0.15, 0.2) is 0 Å². The fourth-order valence-corrected chi connectivity index (χ4v) is 1.61. The van der Waals surface area contributed by atoms with E-state index in [9.17, 15) is 4.79 Å². The molecule has 2 nitrogen and oxygen atoms in total. The van der Waals surface area contributed by atoms with Crippen molar-refractivity contribution < 1.29 is 4.79 Å². The van der Waals surface area contributed by atoms with Crippen LogP contribution in [0, 0.1) is 11.8 Å². The minimum atomic E-state index is 0.398. The van der Waals surface area contributed by atoms with Crippen LogP contribution in [0.5, 0.6) is 0 Å². The summed E-state index contributed by atoms with van der Waals surface area (Å²) in [6.07, 6.45) is 5.95. The van der Waals surface area contributed by atoms with Crippen molar-refractivity contribution in [3.63, 3.8) is 0 Å². The summed E-state index contributed by atoms with van der Waals surface area (Å²) in [4.78, 5) is 10.3. The van der Waals surface area contributed by atoms with Crippen molar-refractivity contribution >= 4 is 6.29 Å². The van der Waals surface area contributed by atoms with E-state index >= 15 is 0 Å². The molecule has 0 bridgehead atoms. The third-order valence-corrected chi connectivity index (χ3v) is 2.35. The third kappa shape index (κ3) is 4.50. The van der Waals surface area contributed by atoms with Crippen LogP contribution >= 0.6 is 0 Å². The summed E-state index contributed by atoms with van der Waals surface area (Å²) in [6.45, 7) is 2.21. The molecule has 0 aromatic rings. The lowest BCUT2D eigenvalue weighted by Crippen LogP contribution is -1.95. The lowest BCUT2D eigenvalue weighted by molar-refractivity contribution is -0.110. The van der Waals surface area contributed by atoms with Crippen LogP contribution in [0.3, 0.4) is 0 Å². The van der Waals surface area contributed by atoms with Gasteiger partial charge in [0.1, 0.15) is 6.29 Å². The van der Waals surface area contributed by atoms with Crippen molar-refractivity contribution in [2.24, 2.45) is 11.8 Å². The Hall–Kier alpha value is -0.370. The lowest BCUT2D eigenvalue weighted by atomic mass is 10.0. The second-order valence-corrected chi connectivity index (χ2v) is 3.48. The Kier molecular flexibility index (Phi) is 7.06. The molecule has 0 aliphatic heterocycles. The number of hydrogen-bond donors (Lipinski definition) is 1. The smallest absolute Gasteiger partial charge is 0.123 e. The van der Waals surface area contributed by atoms with Gasteiger partial charge in [0.25, 0.3) is 0 Å². The van der Waals surface area contributed by atoms with Gasteiger partial charge in [0, 0.05) is 5.92 Å². The van der Waals surface area contributed by atoms with E-state index in [0.29, 0.717) is 5.92 Å². The third-order valence-electron chi connectivity index (χ3n) is 2.35. The van der Waals surface area contributed by atoms with Crippen molar-refractivity contribution in [1.29, 1.82) is 0 Å². The molecule has 12 heavy (non-hydrogen) atoms. The molecule has 2 unspecified atom stereocenters. The first-order valence-corrected chi connectivity index (χ1v) is 4.82. The number of rotatable bonds is 2. The van der Waals surface area contributed by atoms with Gasteiger partial charge in [-0.05, 0) is 39.3 Å². The molecule has 1 aliphatic rings. The number of carbonyl (C=O) groups is 1. The van der Waals surface area contributed by atoms with Crippen LogP contribution in [-0.4, -0.2) is 20.4 Å². The highest BCUT2D eigenvalue weighted by atomic mass is 16.1. The van der Waals surface area contributed by atoms with Gasteiger partial charge in [0.2, 0.25) is 0 Å². The molecule has 0 amide bonds. The standard InChI is InChI=1S/C8H14O.C2H7N/c1-2-7-3-4-8(5-7)6-9;1-3-2/h6-8H,2-5H2,1H3;3H,1-2H3. The molecule has 1 N–H and O–H groups in total. The highest BCUT2D eigenvalue weighted by Gasteiger charge is 2.21. The molecule has 0 aromatic heterocycles. The molecule has 1 aliphatic carbocycles. The van der Waals surface area contributed by atoms with E-state index < -0.39 is 0 Å². The van der Waals surface area contributed by atoms with Crippen molar-refractivity contribution in [1.82, 2.24) is 5.32 Å². The molecular weight excluding hydrogens is 150 g/mol. The van der Waals surface area contributed by atoms with Crippen LogP contribution in [0.25, 0.3) is 0 Å². The summed E-state index contributed by atoms with van der Waals surface area (Å²) in [5, 5.41) is 2.75. The molecule has 1 saturated carbocycles. The summed E-state index contributed by atoms with van der Waals surface area (Å²) in [5.41, 5.74) is 0. The first-order chi connectivity index (χ1) is 5.78. The van der Waals surface area contributed by atoms with E-state index in [2.05, 4.69) is 12.2 Å². The van der Waals surface area contributed by atoms with Crippen LogP contribution in [0.2, 0.25) is 0 Å². The summed E-state index contributed by atoms with van der Waals surface area (Å²) in [6, 6.07) is 0. The van der Waals surface area contributed by atoms with Gasteiger partial charge < -0.3 is 10.1 Å².